The van der Waals surface area contributed by atoms with Gasteiger partial charge in [-0.25, -0.2) is 9.59 Å². The molecule has 1 unspecified atom stereocenters. The van der Waals surface area contributed by atoms with Gasteiger partial charge in [-0.3, -0.25) is 0 Å². The van der Waals surface area contributed by atoms with E-state index < -0.39 is 5.60 Å². The van der Waals surface area contributed by atoms with Crippen LogP contribution in [0.25, 0.3) is 0 Å². The number of likely N-dealkylation sites (tertiary alicyclic amines) is 1. The summed E-state index contributed by atoms with van der Waals surface area (Å²) < 4.78 is 10.4. The maximum absolute atomic E-state index is 12.0. The molecule has 0 bridgehead atoms. The van der Waals surface area contributed by atoms with Crippen molar-refractivity contribution in [2.24, 2.45) is 11.8 Å². The van der Waals surface area contributed by atoms with Crippen molar-refractivity contribution in [3.63, 3.8) is 0 Å². The lowest BCUT2D eigenvalue weighted by Crippen LogP contribution is -2.43. The van der Waals surface area contributed by atoms with Gasteiger partial charge in [0.15, 0.2) is 0 Å². The van der Waals surface area contributed by atoms with Crippen LogP contribution in [0.15, 0.2) is 12.2 Å². The summed E-state index contributed by atoms with van der Waals surface area (Å²) in [6, 6.07) is 0. The van der Waals surface area contributed by atoms with Gasteiger partial charge < -0.3 is 14.4 Å². The zero-order chi connectivity index (χ0) is 16.9. The molecule has 0 aromatic rings. The maximum atomic E-state index is 12.0. The van der Waals surface area contributed by atoms with Gasteiger partial charge in [-0.05, 0) is 52.4 Å². The van der Waals surface area contributed by atoms with Crippen LogP contribution in [-0.4, -0.2) is 42.3 Å². The predicted molar refractivity (Wildman–Crippen MR) is 85.5 cm³/mol. The molecule has 0 aromatic heterocycles. The second-order valence-corrected chi connectivity index (χ2v) is 6.84. The molecule has 1 aliphatic rings. The number of nitrogens with zero attached hydrogens (tertiary/aromatic N) is 1. The van der Waals surface area contributed by atoms with Gasteiger partial charge in [-0.1, -0.05) is 13.5 Å². The fraction of sp³-hybridized carbons (Fsp3) is 0.765. The summed E-state index contributed by atoms with van der Waals surface area (Å²) in [7, 11) is 0. The van der Waals surface area contributed by atoms with Crippen LogP contribution < -0.4 is 0 Å². The van der Waals surface area contributed by atoms with Crippen molar-refractivity contribution in [3.8, 4) is 0 Å². The molecule has 22 heavy (non-hydrogen) atoms. The van der Waals surface area contributed by atoms with Crippen molar-refractivity contribution in [3.05, 3.63) is 12.2 Å². The average molecular weight is 311 g/mol. The fourth-order valence-corrected chi connectivity index (χ4v) is 2.60. The normalized spacial score (nSPS) is 17.8. The van der Waals surface area contributed by atoms with E-state index in [1.807, 2.05) is 27.7 Å². The summed E-state index contributed by atoms with van der Waals surface area (Å²) in [6.07, 6.45) is 1.43. The van der Waals surface area contributed by atoms with E-state index in [1.165, 1.54) is 0 Å². The van der Waals surface area contributed by atoms with E-state index >= 15 is 0 Å². The largest absolute Gasteiger partial charge is 0.463 e. The van der Waals surface area contributed by atoms with Gasteiger partial charge in [-0.2, -0.15) is 0 Å². The molecule has 1 heterocycles. The van der Waals surface area contributed by atoms with E-state index in [0.717, 1.165) is 12.8 Å². The third-order valence-corrected chi connectivity index (χ3v) is 3.99. The summed E-state index contributed by atoms with van der Waals surface area (Å²) in [5, 5.41) is 0. The molecule has 1 rings (SSSR count). The van der Waals surface area contributed by atoms with Crippen LogP contribution in [0, 0.1) is 11.8 Å². The highest BCUT2D eigenvalue weighted by atomic mass is 16.6. The molecule has 0 N–H and O–H groups in total. The van der Waals surface area contributed by atoms with E-state index in [-0.39, 0.29) is 18.0 Å². The summed E-state index contributed by atoms with van der Waals surface area (Å²) in [6.45, 7) is 14.9. The predicted octanol–water partition coefficient (Wildman–Crippen LogP) is 3.39. The second kappa shape index (κ2) is 7.65. The molecule has 0 radical (unpaired) electrons. The molecule has 0 aromatic carbocycles. The second-order valence-electron chi connectivity index (χ2n) is 6.84. The van der Waals surface area contributed by atoms with E-state index in [4.69, 9.17) is 9.47 Å². The van der Waals surface area contributed by atoms with Gasteiger partial charge in [0.2, 0.25) is 0 Å². The van der Waals surface area contributed by atoms with E-state index in [9.17, 15) is 9.59 Å². The van der Waals surface area contributed by atoms with Crippen molar-refractivity contribution < 1.29 is 19.1 Å². The first kappa shape index (κ1) is 18.5. The van der Waals surface area contributed by atoms with Crippen molar-refractivity contribution >= 4 is 12.1 Å². The van der Waals surface area contributed by atoms with Crippen LogP contribution >= 0.6 is 0 Å². The monoisotopic (exact) mass is 311 g/mol. The first-order valence-corrected chi connectivity index (χ1v) is 7.99. The Morgan fingerprint density at radius 1 is 1.27 bits per heavy atom. The van der Waals surface area contributed by atoms with Crippen LogP contribution in [0.1, 0.15) is 47.5 Å². The molecule has 1 fully saturated rings. The van der Waals surface area contributed by atoms with Gasteiger partial charge in [0, 0.05) is 18.7 Å². The van der Waals surface area contributed by atoms with Crippen molar-refractivity contribution in [1.82, 2.24) is 4.90 Å². The fourth-order valence-electron chi connectivity index (χ4n) is 2.60. The Morgan fingerprint density at radius 3 is 2.27 bits per heavy atom. The van der Waals surface area contributed by atoms with Gasteiger partial charge in [0.25, 0.3) is 0 Å². The highest BCUT2D eigenvalue weighted by Gasteiger charge is 2.31. The minimum Gasteiger partial charge on any atom is -0.463 e. The lowest BCUT2D eigenvalue weighted by Gasteiger charge is -2.35. The lowest BCUT2D eigenvalue weighted by atomic mass is 9.81. The summed E-state index contributed by atoms with van der Waals surface area (Å²) in [5.74, 6) is 0.0972. The zero-order valence-corrected chi connectivity index (χ0v) is 14.5. The highest BCUT2D eigenvalue weighted by molar-refractivity contribution is 5.88. The van der Waals surface area contributed by atoms with Crippen molar-refractivity contribution in [2.45, 2.75) is 53.1 Å². The molecule has 126 valence electrons. The first-order valence-electron chi connectivity index (χ1n) is 7.99. The molecular weight excluding hydrogens is 282 g/mol. The lowest BCUT2D eigenvalue weighted by molar-refractivity contribution is -0.139. The molecule has 1 atom stereocenters. The molecule has 1 aliphatic heterocycles. The number of hydrogen-bond acceptors (Lipinski definition) is 4. The maximum Gasteiger partial charge on any atom is 0.410 e. The SMILES string of the molecule is C=C(C(=O)OCC)C(C)C1CCN(C(=O)OC(C)(C)C)CC1. The topological polar surface area (TPSA) is 55.8 Å². The summed E-state index contributed by atoms with van der Waals surface area (Å²) in [4.78, 5) is 25.5. The Morgan fingerprint density at radius 2 is 1.82 bits per heavy atom. The highest BCUT2D eigenvalue weighted by Crippen LogP contribution is 2.30. The van der Waals surface area contributed by atoms with Crippen molar-refractivity contribution in [1.29, 1.82) is 0 Å². The third-order valence-electron chi connectivity index (χ3n) is 3.99. The summed E-state index contributed by atoms with van der Waals surface area (Å²) in [5.41, 5.74) is 0.0527. The molecule has 5 heteroatoms. The zero-order valence-electron chi connectivity index (χ0n) is 14.5. The number of carbonyl (C=O) groups excluding carboxylic acids is 2. The molecule has 1 saturated heterocycles. The average Bonchev–Trinajstić information content (AvgIpc) is 2.44. The molecule has 1 amide bonds. The Kier molecular flexibility index (Phi) is 6.45. The third kappa shape index (κ3) is 5.35. The number of rotatable bonds is 4. The van der Waals surface area contributed by atoms with Crippen LogP contribution in [0.5, 0.6) is 0 Å². The Labute approximate surface area is 133 Å². The minimum absolute atomic E-state index is 0.0693. The van der Waals surface area contributed by atoms with Crippen LogP contribution in [-0.2, 0) is 14.3 Å². The van der Waals surface area contributed by atoms with Gasteiger partial charge in [-0.15, -0.1) is 0 Å². The van der Waals surface area contributed by atoms with E-state index in [0.29, 0.717) is 31.2 Å². The Balaban J connectivity index is 2.49. The van der Waals surface area contributed by atoms with Crippen molar-refractivity contribution in [2.75, 3.05) is 19.7 Å². The number of amides is 1. The molecule has 0 spiro atoms. The van der Waals surface area contributed by atoms with Gasteiger partial charge in [0.05, 0.1) is 6.61 Å². The number of piperidine rings is 1. The number of ether oxygens (including phenoxy) is 2. The number of carbonyl (C=O) groups is 2. The first-order chi connectivity index (χ1) is 10.2. The standard InChI is InChI=1S/C17H29NO4/c1-7-21-15(19)13(3)12(2)14-8-10-18(11-9-14)16(20)22-17(4,5)6/h12,14H,3,7-11H2,1-2,4-6H3. The van der Waals surface area contributed by atoms with E-state index in [2.05, 4.69) is 6.58 Å². The number of hydrogen-bond donors (Lipinski definition) is 0. The molecule has 0 saturated carbocycles. The van der Waals surface area contributed by atoms with Crippen LogP contribution in [0.4, 0.5) is 4.79 Å². The Bertz CT molecular complexity index is 417. The Hall–Kier alpha value is -1.52. The van der Waals surface area contributed by atoms with E-state index in [1.54, 1.807) is 11.8 Å². The quantitative estimate of drug-likeness (QED) is 0.590. The van der Waals surface area contributed by atoms with Crippen LogP contribution in [0.2, 0.25) is 0 Å². The molecule has 0 aliphatic carbocycles. The smallest absolute Gasteiger partial charge is 0.410 e. The van der Waals surface area contributed by atoms with Gasteiger partial charge >= 0.3 is 12.1 Å². The van der Waals surface area contributed by atoms with Gasteiger partial charge in [0.1, 0.15) is 5.60 Å². The van der Waals surface area contributed by atoms with Crippen LogP contribution in [0.3, 0.4) is 0 Å². The minimum atomic E-state index is -0.473. The molecular formula is C17H29NO4. The summed E-state index contributed by atoms with van der Waals surface area (Å²) >= 11 is 0. The number of esters is 1. The molecule has 5 nitrogen and oxygen atoms in total.